The third kappa shape index (κ3) is 4.53. The molecule has 2 heterocycles. The van der Waals surface area contributed by atoms with E-state index in [0.717, 1.165) is 5.75 Å². The van der Waals surface area contributed by atoms with E-state index >= 15 is 0 Å². The minimum Gasteiger partial charge on any atom is -0.490 e. The number of nitrogens with zero attached hydrogens (tertiary/aromatic N) is 3. The zero-order chi connectivity index (χ0) is 18.8. The van der Waals surface area contributed by atoms with Crippen LogP contribution in [0.15, 0.2) is 30.5 Å². The van der Waals surface area contributed by atoms with Crippen molar-refractivity contribution >= 4 is 21.8 Å². The van der Waals surface area contributed by atoms with E-state index in [2.05, 4.69) is 20.1 Å². The Bertz CT molecular complexity index is 816. The van der Waals surface area contributed by atoms with Gasteiger partial charge in [0.05, 0.1) is 5.54 Å². The van der Waals surface area contributed by atoms with Crippen LogP contribution in [0, 0.1) is 0 Å². The fourth-order valence-electron chi connectivity index (χ4n) is 2.84. The summed E-state index contributed by atoms with van der Waals surface area (Å²) in [6.45, 7) is 4.28. The number of piperidine rings is 1. The van der Waals surface area contributed by atoms with Crippen molar-refractivity contribution in [3.05, 3.63) is 41.2 Å². The lowest BCUT2D eigenvalue weighted by molar-refractivity contribution is 0.134. The van der Waals surface area contributed by atoms with Gasteiger partial charge in [-0.15, -0.1) is 5.10 Å². The molecule has 0 radical (unpaired) electrons. The highest BCUT2D eigenvalue weighted by Crippen LogP contribution is 2.24. The molecule has 10 heteroatoms. The smallest absolute Gasteiger partial charge is 0.280 e. The van der Waals surface area contributed by atoms with Crippen LogP contribution in [-0.2, 0) is 15.7 Å². The highest BCUT2D eigenvalue weighted by molar-refractivity contribution is 7.87. The highest BCUT2D eigenvalue weighted by Gasteiger charge is 2.35. The quantitative estimate of drug-likeness (QED) is 0.774. The van der Waals surface area contributed by atoms with E-state index in [9.17, 15) is 8.42 Å². The summed E-state index contributed by atoms with van der Waals surface area (Å²) >= 11 is 5.87. The van der Waals surface area contributed by atoms with Gasteiger partial charge in [-0.3, -0.25) is 5.10 Å². The van der Waals surface area contributed by atoms with Gasteiger partial charge in [-0.25, -0.2) is 0 Å². The predicted octanol–water partition coefficient (Wildman–Crippen LogP) is 2.07. The van der Waals surface area contributed by atoms with Gasteiger partial charge in [0.1, 0.15) is 17.5 Å². The molecule has 0 aliphatic carbocycles. The van der Waals surface area contributed by atoms with Crippen LogP contribution in [0.3, 0.4) is 0 Å². The first kappa shape index (κ1) is 19.1. The molecule has 2 N–H and O–H groups in total. The zero-order valence-electron chi connectivity index (χ0n) is 14.6. The van der Waals surface area contributed by atoms with E-state index in [1.165, 1.54) is 4.31 Å². The Hall–Kier alpha value is -1.68. The van der Waals surface area contributed by atoms with Gasteiger partial charge < -0.3 is 4.74 Å². The lowest BCUT2D eigenvalue weighted by Gasteiger charge is -2.34. The topological polar surface area (TPSA) is 100 Å². The first-order valence-corrected chi connectivity index (χ1v) is 10.2. The molecular weight excluding hydrogens is 378 g/mol. The first-order valence-electron chi connectivity index (χ1n) is 8.34. The second-order valence-corrected chi connectivity index (χ2v) is 8.87. The van der Waals surface area contributed by atoms with Crippen molar-refractivity contribution in [3.8, 4) is 5.75 Å². The van der Waals surface area contributed by atoms with Gasteiger partial charge in [0.2, 0.25) is 0 Å². The first-order chi connectivity index (χ1) is 12.3. The third-order valence-electron chi connectivity index (χ3n) is 4.30. The molecule has 1 fully saturated rings. The fraction of sp³-hybridized carbons (Fsp3) is 0.500. The normalized spacial score (nSPS) is 17.3. The molecular formula is C16H22ClN5O3S. The Morgan fingerprint density at radius 3 is 2.50 bits per heavy atom. The highest BCUT2D eigenvalue weighted by atomic mass is 35.5. The number of hydrogen-bond acceptors (Lipinski definition) is 5. The molecule has 0 amide bonds. The van der Waals surface area contributed by atoms with Gasteiger partial charge in [0.15, 0.2) is 0 Å². The van der Waals surface area contributed by atoms with Crippen molar-refractivity contribution < 1.29 is 13.2 Å². The van der Waals surface area contributed by atoms with Gasteiger partial charge in [-0.05, 0) is 51.0 Å². The number of H-pyrrole nitrogens is 1. The maximum Gasteiger partial charge on any atom is 0.280 e. The number of aromatic amines is 1. The molecule has 8 nitrogen and oxygen atoms in total. The Balaban J connectivity index is 1.57. The largest absolute Gasteiger partial charge is 0.490 e. The van der Waals surface area contributed by atoms with Crippen LogP contribution in [-0.4, -0.2) is 47.3 Å². The summed E-state index contributed by atoms with van der Waals surface area (Å²) in [5.74, 6) is 0.737. The molecule has 142 valence electrons. The van der Waals surface area contributed by atoms with Crippen molar-refractivity contribution in [1.82, 2.24) is 24.4 Å². The summed E-state index contributed by atoms with van der Waals surface area (Å²) in [7, 11) is -3.64. The Morgan fingerprint density at radius 2 is 1.92 bits per heavy atom. The number of aromatic nitrogens is 3. The molecule has 0 spiro atoms. The minimum absolute atomic E-state index is 0.0221. The van der Waals surface area contributed by atoms with Crippen LogP contribution in [0.4, 0.5) is 0 Å². The van der Waals surface area contributed by atoms with Gasteiger partial charge >= 0.3 is 0 Å². The molecule has 0 unspecified atom stereocenters. The van der Waals surface area contributed by atoms with Gasteiger partial charge in [-0.2, -0.15) is 17.4 Å². The maximum atomic E-state index is 12.7. The van der Waals surface area contributed by atoms with Crippen LogP contribution < -0.4 is 9.46 Å². The minimum atomic E-state index is -3.64. The third-order valence-corrected chi connectivity index (χ3v) is 6.36. The Kier molecular flexibility index (Phi) is 5.52. The summed E-state index contributed by atoms with van der Waals surface area (Å²) in [5.41, 5.74) is -0.329. The molecule has 26 heavy (non-hydrogen) atoms. The molecule has 3 rings (SSSR count). The monoisotopic (exact) mass is 399 g/mol. The molecule has 1 aliphatic heterocycles. The van der Waals surface area contributed by atoms with E-state index in [1.54, 1.807) is 32.2 Å². The number of halogens is 1. The molecule has 0 bridgehead atoms. The molecule has 1 aromatic carbocycles. The van der Waals surface area contributed by atoms with Crippen molar-refractivity contribution in [2.75, 3.05) is 13.1 Å². The standard InChI is InChI=1S/C16H22ClN5O3S/c1-16(2,15-11-18-21-19-15)20-26(23,24)22-9-7-14(8-10-22)25-13-5-3-12(17)4-6-13/h3-6,11,14,20H,7-10H2,1-2H3,(H,18,19,21). The average Bonchev–Trinajstić information content (AvgIpc) is 3.12. The lowest BCUT2D eigenvalue weighted by atomic mass is 10.0. The number of rotatable bonds is 6. The van der Waals surface area contributed by atoms with Crippen LogP contribution in [0.1, 0.15) is 32.4 Å². The molecule has 0 saturated carbocycles. The summed E-state index contributed by atoms with van der Waals surface area (Å²) in [4.78, 5) is 0. The number of ether oxygens (including phenoxy) is 1. The van der Waals surface area contributed by atoms with E-state index < -0.39 is 15.7 Å². The van der Waals surface area contributed by atoms with E-state index in [0.29, 0.717) is 36.6 Å². The molecule has 1 aliphatic rings. The molecule has 2 aromatic rings. The SMILES string of the molecule is CC(C)(NS(=O)(=O)N1CCC(Oc2ccc(Cl)cc2)CC1)c1c[nH]nn1. The Morgan fingerprint density at radius 1 is 1.27 bits per heavy atom. The van der Waals surface area contributed by atoms with Crippen molar-refractivity contribution in [3.63, 3.8) is 0 Å². The summed E-state index contributed by atoms with van der Waals surface area (Å²) in [5, 5.41) is 10.8. The van der Waals surface area contributed by atoms with Gasteiger partial charge in [-0.1, -0.05) is 16.8 Å². The predicted molar refractivity (Wildman–Crippen MR) is 98.1 cm³/mol. The van der Waals surface area contributed by atoms with Crippen LogP contribution in [0.25, 0.3) is 0 Å². The second-order valence-electron chi connectivity index (χ2n) is 6.76. The van der Waals surface area contributed by atoms with Crippen LogP contribution >= 0.6 is 11.6 Å². The van der Waals surface area contributed by atoms with Crippen LogP contribution in [0.5, 0.6) is 5.75 Å². The summed E-state index contributed by atoms with van der Waals surface area (Å²) < 4.78 is 35.4. The summed E-state index contributed by atoms with van der Waals surface area (Å²) in [6, 6.07) is 7.17. The molecule has 1 saturated heterocycles. The zero-order valence-corrected chi connectivity index (χ0v) is 16.2. The molecule has 0 atom stereocenters. The average molecular weight is 400 g/mol. The fourth-order valence-corrected chi connectivity index (χ4v) is 4.54. The van der Waals surface area contributed by atoms with Crippen LogP contribution in [0.2, 0.25) is 5.02 Å². The van der Waals surface area contributed by atoms with Crippen molar-refractivity contribution in [2.45, 2.75) is 38.3 Å². The van der Waals surface area contributed by atoms with Crippen molar-refractivity contribution in [2.24, 2.45) is 0 Å². The van der Waals surface area contributed by atoms with E-state index in [-0.39, 0.29) is 6.10 Å². The lowest BCUT2D eigenvalue weighted by Crippen LogP contribution is -2.52. The molecule has 1 aromatic heterocycles. The van der Waals surface area contributed by atoms with Gasteiger partial charge in [0.25, 0.3) is 10.2 Å². The van der Waals surface area contributed by atoms with E-state index in [4.69, 9.17) is 16.3 Å². The summed E-state index contributed by atoms with van der Waals surface area (Å²) in [6.07, 6.45) is 2.79. The van der Waals surface area contributed by atoms with Crippen molar-refractivity contribution in [1.29, 1.82) is 0 Å². The number of nitrogens with one attached hydrogen (secondary N) is 2. The Labute approximate surface area is 158 Å². The second kappa shape index (κ2) is 7.51. The van der Waals surface area contributed by atoms with Gasteiger partial charge in [0, 0.05) is 24.3 Å². The maximum absolute atomic E-state index is 12.7. The number of hydrogen-bond donors (Lipinski definition) is 2. The number of benzene rings is 1. The van der Waals surface area contributed by atoms with E-state index in [1.807, 2.05) is 12.1 Å².